The van der Waals surface area contributed by atoms with E-state index < -0.39 is 5.41 Å². The summed E-state index contributed by atoms with van der Waals surface area (Å²) in [5, 5.41) is 7.06. The second-order valence-corrected chi connectivity index (χ2v) is 9.63. The second kappa shape index (κ2) is 6.97. The summed E-state index contributed by atoms with van der Waals surface area (Å²) in [6.45, 7) is 0. The molecule has 1 saturated carbocycles. The molecule has 3 aliphatic rings. The number of benzene rings is 2. The Morgan fingerprint density at radius 2 is 1.82 bits per heavy atom. The van der Waals surface area contributed by atoms with Crippen LogP contribution in [-0.4, -0.2) is 27.8 Å². The molecule has 2 amide bonds. The molecule has 2 N–H and O–H groups in total. The van der Waals surface area contributed by atoms with Gasteiger partial charge in [0.2, 0.25) is 5.91 Å². The fourth-order valence-corrected chi connectivity index (χ4v) is 5.69. The van der Waals surface area contributed by atoms with Gasteiger partial charge >= 0.3 is 0 Å². The molecule has 2 aromatic heterocycles. The van der Waals surface area contributed by atoms with Crippen LogP contribution >= 0.6 is 0 Å². The van der Waals surface area contributed by atoms with Crippen LogP contribution in [0.25, 0.3) is 10.9 Å². The smallest absolute Gasteiger partial charge is 0.270 e. The monoisotopic (exact) mass is 446 g/mol. The SMILES string of the molecule is O=C(NC1CC1c1ccccc1)c1ccc2cc3c(cc2n1)C[C@@]1(C3)C(=O)Nc2ncccc21. The quantitative estimate of drug-likeness (QED) is 0.500. The number of fused-ring (bicyclic) bond motifs is 4. The Labute approximate surface area is 196 Å². The zero-order chi connectivity index (χ0) is 22.9. The number of hydrogen-bond acceptors (Lipinski definition) is 4. The summed E-state index contributed by atoms with van der Waals surface area (Å²) >= 11 is 0. The number of hydrogen-bond donors (Lipinski definition) is 2. The Morgan fingerprint density at radius 3 is 2.68 bits per heavy atom. The summed E-state index contributed by atoms with van der Waals surface area (Å²) in [5.41, 5.74) is 5.08. The van der Waals surface area contributed by atoms with E-state index in [1.807, 2.05) is 42.5 Å². The van der Waals surface area contributed by atoms with Crippen LogP contribution in [0.5, 0.6) is 0 Å². The van der Waals surface area contributed by atoms with Gasteiger partial charge in [-0.2, -0.15) is 0 Å². The third-order valence-corrected chi connectivity index (χ3v) is 7.55. The van der Waals surface area contributed by atoms with Crippen LogP contribution in [0.1, 0.15) is 45.1 Å². The van der Waals surface area contributed by atoms with E-state index in [0.29, 0.717) is 30.3 Å². The lowest BCUT2D eigenvalue weighted by Gasteiger charge is -2.20. The van der Waals surface area contributed by atoms with Gasteiger partial charge in [-0.25, -0.2) is 9.97 Å². The molecule has 1 fully saturated rings. The Kier molecular flexibility index (Phi) is 3.98. The van der Waals surface area contributed by atoms with Gasteiger partial charge in [-0.05, 0) is 60.2 Å². The average Bonchev–Trinajstić information content (AvgIpc) is 3.44. The first kappa shape index (κ1) is 19.4. The van der Waals surface area contributed by atoms with Gasteiger partial charge in [-0.15, -0.1) is 0 Å². The number of pyridine rings is 2. The standard InChI is InChI=1S/C28H22N4O2/c33-26(31-24-13-20(24)16-5-2-1-3-6-16)22-9-8-17-11-18-14-28(15-19(18)12-23(17)30-22)21-7-4-10-29-25(21)32-27(28)34/h1-12,20,24H,13-15H2,(H,31,33)(H,29,32,34)/t20?,24?,28-/m1/s1. The topological polar surface area (TPSA) is 84.0 Å². The van der Waals surface area contributed by atoms with Crippen molar-refractivity contribution in [2.75, 3.05) is 5.32 Å². The van der Waals surface area contributed by atoms with Crippen molar-refractivity contribution in [1.82, 2.24) is 15.3 Å². The Hall–Kier alpha value is -4.06. The maximum atomic E-state index is 13.0. The highest BCUT2D eigenvalue weighted by Crippen LogP contribution is 2.47. The van der Waals surface area contributed by atoms with Gasteiger partial charge < -0.3 is 10.6 Å². The molecule has 3 atom stereocenters. The number of amides is 2. The zero-order valence-corrected chi connectivity index (χ0v) is 18.4. The molecular weight excluding hydrogens is 424 g/mol. The highest BCUT2D eigenvalue weighted by atomic mass is 16.2. The first-order valence-electron chi connectivity index (χ1n) is 11.7. The zero-order valence-electron chi connectivity index (χ0n) is 18.4. The average molecular weight is 447 g/mol. The maximum Gasteiger partial charge on any atom is 0.270 e. The summed E-state index contributed by atoms with van der Waals surface area (Å²) in [4.78, 5) is 34.9. The summed E-state index contributed by atoms with van der Waals surface area (Å²) in [6.07, 6.45) is 3.92. The van der Waals surface area contributed by atoms with Crippen LogP contribution in [0.15, 0.2) is 72.9 Å². The second-order valence-electron chi connectivity index (χ2n) is 9.63. The maximum absolute atomic E-state index is 13.0. The Balaban J connectivity index is 1.15. The summed E-state index contributed by atoms with van der Waals surface area (Å²) < 4.78 is 0. The van der Waals surface area contributed by atoms with Gasteiger partial charge in [0, 0.05) is 29.1 Å². The largest absolute Gasteiger partial charge is 0.347 e. The van der Waals surface area contributed by atoms with Crippen LogP contribution in [0.2, 0.25) is 0 Å². The van der Waals surface area contributed by atoms with Crippen molar-refractivity contribution >= 4 is 28.5 Å². The normalized spacial score (nSPS) is 24.1. The molecule has 1 aliphatic heterocycles. The molecule has 34 heavy (non-hydrogen) atoms. The van der Waals surface area contributed by atoms with Crippen LogP contribution in [0.3, 0.4) is 0 Å². The number of anilines is 1. The lowest BCUT2D eigenvalue weighted by atomic mass is 9.79. The number of carbonyl (C=O) groups is 2. The molecule has 7 rings (SSSR count). The Morgan fingerprint density at radius 1 is 1.00 bits per heavy atom. The van der Waals surface area contributed by atoms with E-state index >= 15 is 0 Å². The van der Waals surface area contributed by atoms with Gasteiger partial charge in [0.25, 0.3) is 5.91 Å². The third kappa shape index (κ3) is 2.88. The molecule has 2 aliphatic carbocycles. The molecule has 6 nitrogen and oxygen atoms in total. The fraction of sp³-hybridized carbons (Fsp3) is 0.214. The van der Waals surface area contributed by atoms with Crippen molar-refractivity contribution in [2.45, 2.75) is 36.6 Å². The molecule has 0 bridgehead atoms. The van der Waals surface area contributed by atoms with E-state index in [1.54, 1.807) is 12.3 Å². The predicted octanol–water partition coefficient (Wildman–Crippen LogP) is 3.90. The molecule has 2 aromatic carbocycles. The number of nitrogens with zero attached hydrogens (tertiary/aromatic N) is 2. The van der Waals surface area contributed by atoms with Crippen molar-refractivity contribution in [3.05, 3.63) is 101 Å². The highest BCUT2D eigenvalue weighted by molar-refractivity contribution is 6.06. The van der Waals surface area contributed by atoms with Crippen LogP contribution in [0.4, 0.5) is 5.82 Å². The van der Waals surface area contributed by atoms with Crippen molar-refractivity contribution < 1.29 is 9.59 Å². The molecule has 0 saturated heterocycles. The summed E-state index contributed by atoms with van der Waals surface area (Å²) in [7, 11) is 0. The van der Waals surface area contributed by atoms with E-state index in [2.05, 4.69) is 38.8 Å². The molecule has 4 aromatic rings. The van der Waals surface area contributed by atoms with Crippen LogP contribution in [0, 0.1) is 0 Å². The number of rotatable bonds is 3. The van der Waals surface area contributed by atoms with Gasteiger partial charge in [0.05, 0.1) is 10.9 Å². The molecule has 6 heteroatoms. The van der Waals surface area contributed by atoms with E-state index in [9.17, 15) is 9.59 Å². The van der Waals surface area contributed by atoms with Gasteiger partial charge in [-0.3, -0.25) is 9.59 Å². The minimum Gasteiger partial charge on any atom is -0.347 e. The van der Waals surface area contributed by atoms with E-state index in [1.165, 1.54) is 5.56 Å². The van der Waals surface area contributed by atoms with Crippen LogP contribution in [-0.2, 0) is 23.1 Å². The van der Waals surface area contributed by atoms with Gasteiger partial charge in [-0.1, -0.05) is 42.5 Å². The van der Waals surface area contributed by atoms with Crippen LogP contribution < -0.4 is 10.6 Å². The predicted molar refractivity (Wildman–Crippen MR) is 129 cm³/mol. The van der Waals surface area contributed by atoms with Crippen molar-refractivity contribution in [1.29, 1.82) is 0 Å². The molecule has 1 spiro atoms. The van der Waals surface area contributed by atoms with E-state index in [0.717, 1.165) is 34.0 Å². The van der Waals surface area contributed by atoms with Gasteiger partial charge in [0.1, 0.15) is 11.5 Å². The molecule has 3 heterocycles. The molecular formula is C28H22N4O2. The van der Waals surface area contributed by atoms with Crippen molar-refractivity contribution in [3.8, 4) is 0 Å². The first-order valence-corrected chi connectivity index (χ1v) is 11.7. The molecule has 2 unspecified atom stereocenters. The Bertz CT molecular complexity index is 1500. The molecule has 166 valence electrons. The van der Waals surface area contributed by atoms with Crippen molar-refractivity contribution in [3.63, 3.8) is 0 Å². The van der Waals surface area contributed by atoms with Crippen molar-refractivity contribution in [2.24, 2.45) is 0 Å². The number of aromatic nitrogens is 2. The minimum atomic E-state index is -0.609. The van der Waals surface area contributed by atoms with E-state index in [4.69, 9.17) is 0 Å². The highest BCUT2D eigenvalue weighted by Gasteiger charge is 2.51. The lowest BCUT2D eigenvalue weighted by molar-refractivity contribution is -0.120. The lowest BCUT2D eigenvalue weighted by Crippen LogP contribution is -2.35. The minimum absolute atomic E-state index is 0.00638. The van der Waals surface area contributed by atoms with E-state index in [-0.39, 0.29) is 17.9 Å². The number of carbonyl (C=O) groups excluding carboxylic acids is 2. The first-order chi connectivity index (χ1) is 16.6. The molecule has 0 radical (unpaired) electrons. The summed E-state index contributed by atoms with van der Waals surface area (Å²) in [6, 6.07) is 22.2. The fourth-order valence-electron chi connectivity index (χ4n) is 5.69. The summed E-state index contributed by atoms with van der Waals surface area (Å²) in [5.74, 6) is 0.903. The van der Waals surface area contributed by atoms with Gasteiger partial charge in [0.15, 0.2) is 0 Å². The third-order valence-electron chi connectivity index (χ3n) is 7.55. The number of nitrogens with one attached hydrogen (secondary N) is 2.